The molecule has 0 spiro atoms. The first kappa shape index (κ1) is 14.8. The van der Waals surface area contributed by atoms with Crippen molar-refractivity contribution in [2.24, 2.45) is 5.92 Å². The number of carbonyl (C=O) groups excluding carboxylic acids is 1. The highest BCUT2D eigenvalue weighted by Crippen LogP contribution is 2.31. The second-order valence-corrected chi connectivity index (χ2v) is 5.85. The number of aryl methyl sites for hydroxylation is 2. The Labute approximate surface area is 120 Å². The van der Waals surface area contributed by atoms with Crippen LogP contribution in [0.3, 0.4) is 0 Å². The van der Waals surface area contributed by atoms with Gasteiger partial charge in [0.15, 0.2) is 5.78 Å². The molecule has 3 nitrogen and oxygen atoms in total. The van der Waals surface area contributed by atoms with E-state index in [0.717, 1.165) is 36.8 Å². The van der Waals surface area contributed by atoms with E-state index in [9.17, 15) is 9.59 Å². The molecule has 1 unspecified atom stereocenters. The van der Waals surface area contributed by atoms with Gasteiger partial charge in [-0.2, -0.15) is 0 Å². The van der Waals surface area contributed by atoms with E-state index in [1.807, 2.05) is 13.0 Å². The molecule has 3 heteroatoms. The van der Waals surface area contributed by atoms with Crippen LogP contribution in [0.1, 0.15) is 59.2 Å². The van der Waals surface area contributed by atoms with E-state index >= 15 is 0 Å². The Bertz CT molecular complexity index is 531. The van der Waals surface area contributed by atoms with Crippen LogP contribution in [-0.2, 0) is 11.2 Å². The molecule has 0 heterocycles. The van der Waals surface area contributed by atoms with Gasteiger partial charge in [0.05, 0.1) is 0 Å². The number of ketones is 1. The summed E-state index contributed by atoms with van der Waals surface area (Å²) in [4.78, 5) is 23.0. The Morgan fingerprint density at radius 1 is 1.30 bits per heavy atom. The molecule has 1 aromatic rings. The van der Waals surface area contributed by atoms with Crippen LogP contribution in [0.5, 0.6) is 0 Å². The number of hydrogen-bond donors (Lipinski definition) is 1. The van der Waals surface area contributed by atoms with Gasteiger partial charge in [-0.1, -0.05) is 18.1 Å². The van der Waals surface area contributed by atoms with E-state index in [4.69, 9.17) is 5.11 Å². The lowest BCUT2D eigenvalue weighted by atomic mass is 9.78. The van der Waals surface area contributed by atoms with Gasteiger partial charge in [-0.25, -0.2) is 0 Å². The number of unbranched alkanes of at least 4 members (excludes halogenated alkanes) is 1. The van der Waals surface area contributed by atoms with Crippen molar-refractivity contribution < 1.29 is 14.7 Å². The van der Waals surface area contributed by atoms with Gasteiger partial charge in [-0.3, -0.25) is 9.59 Å². The first-order valence-corrected chi connectivity index (χ1v) is 7.35. The molecule has 0 fully saturated rings. The third-order valence-electron chi connectivity index (χ3n) is 4.19. The molecule has 0 amide bonds. The predicted molar refractivity (Wildman–Crippen MR) is 78.2 cm³/mol. The van der Waals surface area contributed by atoms with Crippen molar-refractivity contribution in [1.29, 1.82) is 0 Å². The number of carboxylic acids is 1. The zero-order valence-corrected chi connectivity index (χ0v) is 12.2. The lowest BCUT2D eigenvalue weighted by molar-refractivity contribution is -0.137. The average molecular weight is 274 g/mol. The summed E-state index contributed by atoms with van der Waals surface area (Å²) in [5.41, 5.74) is 4.47. The van der Waals surface area contributed by atoms with Crippen molar-refractivity contribution in [2.45, 2.75) is 52.4 Å². The monoisotopic (exact) mass is 274 g/mol. The zero-order chi connectivity index (χ0) is 14.7. The van der Waals surface area contributed by atoms with Gasteiger partial charge in [0.25, 0.3) is 0 Å². The molecule has 1 aliphatic rings. The topological polar surface area (TPSA) is 54.4 Å². The van der Waals surface area contributed by atoms with Crippen LogP contribution in [0.25, 0.3) is 0 Å². The van der Waals surface area contributed by atoms with Crippen molar-refractivity contribution in [1.82, 2.24) is 0 Å². The third-order valence-corrected chi connectivity index (χ3v) is 4.19. The molecule has 1 N–H and O–H groups in total. The Kier molecular flexibility index (Phi) is 4.58. The second kappa shape index (κ2) is 6.21. The van der Waals surface area contributed by atoms with Gasteiger partial charge in [0, 0.05) is 17.9 Å². The SMILES string of the molecule is Cc1cc(C)c2c(c1)C(=O)C(CCCCC(=O)O)CC2. The molecule has 1 aliphatic carbocycles. The molecule has 108 valence electrons. The van der Waals surface area contributed by atoms with Crippen LogP contribution in [0.15, 0.2) is 12.1 Å². The minimum Gasteiger partial charge on any atom is -0.481 e. The number of fused-ring (bicyclic) bond motifs is 1. The fourth-order valence-corrected chi connectivity index (χ4v) is 3.16. The van der Waals surface area contributed by atoms with Crippen molar-refractivity contribution in [2.75, 3.05) is 0 Å². The van der Waals surface area contributed by atoms with E-state index in [2.05, 4.69) is 13.0 Å². The molecule has 0 radical (unpaired) electrons. The highest BCUT2D eigenvalue weighted by Gasteiger charge is 2.27. The maximum absolute atomic E-state index is 12.5. The number of carbonyl (C=O) groups is 2. The summed E-state index contributed by atoms with van der Waals surface area (Å²) >= 11 is 0. The number of carboxylic acid groups (broad SMARTS) is 1. The van der Waals surface area contributed by atoms with Gasteiger partial charge in [-0.05, 0) is 56.7 Å². The minimum absolute atomic E-state index is 0.0810. The molecule has 0 saturated carbocycles. The second-order valence-electron chi connectivity index (χ2n) is 5.85. The molecule has 20 heavy (non-hydrogen) atoms. The highest BCUT2D eigenvalue weighted by molar-refractivity contribution is 6.00. The van der Waals surface area contributed by atoms with Crippen LogP contribution in [0, 0.1) is 19.8 Å². The van der Waals surface area contributed by atoms with Crippen LogP contribution < -0.4 is 0 Å². The molecular formula is C17H22O3. The fourth-order valence-electron chi connectivity index (χ4n) is 3.16. The number of benzene rings is 1. The molecular weight excluding hydrogens is 252 g/mol. The minimum atomic E-state index is -0.753. The van der Waals surface area contributed by atoms with E-state index in [-0.39, 0.29) is 18.1 Å². The Hall–Kier alpha value is -1.64. The smallest absolute Gasteiger partial charge is 0.303 e. The summed E-state index contributed by atoms with van der Waals surface area (Å²) in [5, 5.41) is 8.63. The zero-order valence-electron chi connectivity index (χ0n) is 12.2. The highest BCUT2D eigenvalue weighted by atomic mass is 16.4. The largest absolute Gasteiger partial charge is 0.481 e. The van der Waals surface area contributed by atoms with Crippen LogP contribution in [-0.4, -0.2) is 16.9 Å². The fraction of sp³-hybridized carbons (Fsp3) is 0.529. The van der Waals surface area contributed by atoms with Crippen molar-refractivity contribution >= 4 is 11.8 Å². The maximum Gasteiger partial charge on any atom is 0.303 e. The summed E-state index contributed by atoms with van der Waals surface area (Å²) in [6.45, 7) is 4.10. The summed E-state index contributed by atoms with van der Waals surface area (Å²) in [7, 11) is 0. The van der Waals surface area contributed by atoms with E-state index in [1.54, 1.807) is 0 Å². The number of rotatable bonds is 5. The summed E-state index contributed by atoms with van der Waals surface area (Å²) < 4.78 is 0. The molecule has 1 atom stereocenters. The average Bonchev–Trinajstić information content (AvgIpc) is 2.37. The quantitative estimate of drug-likeness (QED) is 0.833. The molecule has 0 saturated heterocycles. The number of Topliss-reactive ketones (excluding diaryl/α,β-unsaturated/α-hetero) is 1. The van der Waals surface area contributed by atoms with Crippen LogP contribution in [0.4, 0.5) is 0 Å². The van der Waals surface area contributed by atoms with Crippen molar-refractivity contribution in [3.8, 4) is 0 Å². The predicted octanol–water partition coefficient (Wildman–Crippen LogP) is 3.69. The van der Waals surface area contributed by atoms with Gasteiger partial charge < -0.3 is 5.11 Å². The van der Waals surface area contributed by atoms with Crippen LogP contribution in [0.2, 0.25) is 0 Å². The van der Waals surface area contributed by atoms with E-state index in [1.165, 1.54) is 11.1 Å². The maximum atomic E-state index is 12.5. The van der Waals surface area contributed by atoms with Crippen molar-refractivity contribution in [3.05, 3.63) is 34.4 Å². The van der Waals surface area contributed by atoms with Gasteiger partial charge in [0.1, 0.15) is 0 Å². The standard InChI is InChI=1S/C17H22O3/c1-11-9-12(2)14-8-7-13(17(20)15(14)10-11)5-3-4-6-16(18)19/h9-10,13H,3-8H2,1-2H3,(H,18,19). The Morgan fingerprint density at radius 2 is 2.05 bits per heavy atom. The van der Waals surface area contributed by atoms with Gasteiger partial charge >= 0.3 is 5.97 Å². The first-order valence-electron chi connectivity index (χ1n) is 7.35. The summed E-state index contributed by atoms with van der Waals surface area (Å²) in [6, 6.07) is 4.15. The lowest BCUT2D eigenvalue weighted by Crippen LogP contribution is -2.23. The third kappa shape index (κ3) is 3.27. The van der Waals surface area contributed by atoms with Crippen molar-refractivity contribution in [3.63, 3.8) is 0 Å². The van der Waals surface area contributed by atoms with Gasteiger partial charge in [-0.15, -0.1) is 0 Å². The lowest BCUT2D eigenvalue weighted by Gasteiger charge is -2.25. The normalized spacial score (nSPS) is 17.9. The first-order chi connectivity index (χ1) is 9.49. The summed E-state index contributed by atoms with van der Waals surface area (Å²) in [6.07, 6.45) is 4.38. The molecule has 0 aromatic heterocycles. The number of hydrogen-bond acceptors (Lipinski definition) is 2. The molecule has 2 rings (SSSR count). The number of aliphatic carboxylic acids is 1. The van der Waals surface area contributed by atoms with Gasteiger partial charge in [0.2, 0.25) is 0 Å². The van der Waals surface area contributed by atoms with Crippen LogP contribution >= 0.6 is 0 Å². The molecule has 1 aromatic carbocycles. The van der Waals surface area contributed by atoms with E-state index in [0.29, 0.717) is 6.42 Å². The Morgan fingerprint density at radius 3 is 2.75 bits per heavy atom. The molecule has 0 aliphatic heterocycles. The summed E-state index contributed by atoms with van der Waals surface area (Å²) in [5.74, 6) is -0.414. The molecule has 0 bridgehead atoms. The Balaban J connectivity index is 2.02. The van der Waals surface area contributed by atoms with E-state index < -0.39 is 5.97 Å².